The number of amides is 2. The third-order valence-corrected chi connectivity index (χ3v) is 7.39. The number of rotatable bonds is 15. The highest BCUT2D eigenvalue weighted by Crippen LogP contribution is 2.23. The first kappa shape index (κ1) is 33.8. The normalized spacial score (nSPS) is 14.7. The van der Waals surface area contributed by atoms with Gasteiger partial charge in [0, 0.05) is 39.9 Å². The number of hydrogen-bond acceptors (Lipinski definition) is 6. The van der Waals surface area contributed by atoms with E-state index in [-0.39, 0.29) is 23.5 Å². The van der Waals surface area contributed by atoms with E-state index in [1.54, 1.807) is 24.3 Å². The summed E-state index contributed by atoms with van der Waals surface area (Å²) in [5, 5.41) is 16.1. The Bertz CT molecular complexity index is 1060. The molecule has 9 heteroatoms. The van der Waals surface area contributed by atoms with Crippen LogP contribution in [-0.2, 0) is 22.6 Å². The number of benzene rings is 2. The molecule has 1 aliphatic heterocycles. The lowest BCUT2D eigenvalue weighted by atomic mass is 10.0. The minimum Gasteiger partial charge on any atom is -0.508 e. The first-order valence-corrected chi connectivity index (χ1v) is 14.5. The summed E-state index contributed by atoms with van der Waals surface area (Å²) in [6.45, 7) is 8.96. The predicted molar refractivity (Wildman–Crippen MR) is 162 cm³/mol. The number of hydrogen-bond donors (Lipinski definition) is 2. The Morgan fingerprint density at radius 2 is 1.63 bits per heavy atom. The summed E-state index contributed by atoms with van der Waals surface area (Å²) in [5.74, 6) is 0.109. The van der Waals surface area contributed by atoms with Crippen LogP contribution in [0, 0.1) is 5.82 Å². The summed E-state index contributed by atoms with van der Waals surface area (Å²) in [6, 6.07) is 13.1. The molecular formula is C32H48FN5O3. The number of unbranched alkanes of at least 4 members (excludes halogenated alkanes) is 5. The minimum atomic E-state index is -0.264. The van der Waals surface area contributed by atoms with Crippen LogP contribution in [0.15, 0.2) is 60.8 Å². The molecule has 2 aromatic carbocycles. The maximum absolute atomic E-state index is 12.9. The third kappa shape index (κ3) is 11.9. The monoisotopic (exact) mass is 569 g/mol. The zero-order valence-corrected chi connectivity index (χ0v) is 25.2. The highest BCUT2D eigenvalue weighted by atomic mass is 19.1. The van der Waals surface area contributed by atoms with Gasteiger partial charge < -0.3 is 20.2 Å². The van der Waals surface area contributed by atoms with Gasteiger partial charge in [0.05, 0.1) is 19.3 Å². The summed E-state index contributed by atoms with van der Waals surface area (Å²) in [4.78, 5) is 26.9. The lowest BCUT2D eigenvalue weighted by Gasteiger charge is -2.44. The smallest absolute Gasteiger partial charge is 0.239 e. The first-order valence-electron chi connectivity index (χ1n) is 14.5. The fraction of sp³-hybridized carbons (Fsp3) is 0.500. The van der Waals surface area contributed by atoms with Gasteiger partial charge in [-0.05, 0) is 48.2 Å². The largest absolute Gasteiger partial charge is 0.508 e. The molecule has 2 N–H and O–H groups in total. The molecular weight excluding hydrogens is 521 g/mol. The molecule has 0 radical (unpaired) electrons. The van der Waals surface area contributed by atoms with Gasteiger partial charge in [0.25, 0.3) is 0 Å². The predicted octanol–water partition coefficient (Wildman–Crippen LogP) is 4.76. The standard InChI is InChI=1S/C24H40N4O2.C8H8FNO/c1-6-7-8-9-10-11-16-25(3)20(2)23(17-21-12-14-22(29)15-13-21)28-19-27(5)26(4)18-24(28)30;9-8-3-1-7(2-4-8)5-10-6-11/h12-15,23,29H,2,6-11,16-19H2,1,3-5H3;1-4,6H,5H2,(H,10,11). The molecule has 2 aromatic rings. The van der Waals surface area contributed by atoms with E-state index in [1.807, 2.05) is 36.1 Å². The van der Waals surface area contributed by atoms with Crippen molar-refractivity contribution in [2.24, 2.45) is 0 Å². The second-order valence-electron chi connectivity index (χ2n) is 10.7. The van der Waals surface area contributed by atoms with E-state index in [0.717, 1.165) is 29.8 Å². The molecule has 0 bridgehead atoms. The molecule has 8 nitrogen and oxygen atoms in total. The molecule has 0 aromatic heterocycles. The van der Waals surface area contributed by atoms with Crippen molar-refractivity contribution < 1.29 is 19.1 Å². The number of phenols is 1. The Hall–Kier alpha value is -3.43. The van der Waals surface area contributed by atoms with Crippen LogP contribution in [-0.4, -0.2) is 84.2 Å². The van der Waals surface area contributed by atoms with E-state index >= 15 is 0 Å². The Balaban J connectivity index is 0.000000446. The van der Waals surface area contributed by atoms with E-state index in [4.69, 9.17) is 0 Å². The molecule has 0 saturated carbocycles. The summed E-state index contributed by atoms with van der Waals surface area (Å²) in [7, 11) is 6.02. The third-order valence-electron chi connectivity index (χ3n) is 7.39. The SMILES string of the molecule is C=C(C(Cc1ccc(O)cc1)N1CN(C)N(C)CC1=O)N(C)CCCCCCCC.O=CNCc1ccc(F)cc1. The van der Waals surface area contributed by atoms with Crippen molar-refractivity contribution in [2.75, 3.05) is 40.9 Å². The van der Waals surface area contributed by atoms with Gasteiger partial charge in [-0.2, -0.15) is 0 Å². The molecule has 3 rings (SSSR count). The Morgan fingerprint density at radius 1 is 1.02 bits per heavy atom. The fourth-order valence-electron chi connectivity index (χ4n) is 4.64. The molecule has 1 unspecified atom stereocenters. The van der Waals surface area contributed by atoms with E-state index in [2.05, 4.69) is 35.8 Å². The number of aromatic hydroxyl groups is 1. The molecule has 1 atom stereocenters. The number of nitrogens with one attached hydrogen (secondary N) is 1. The van der Waals surface area contributed by atoms with Gasteiger partial charge in [0.15, 0.2) is 0 Å². The van der Waals surface area contributed by atoms with E-state index in [9.17, 15) is 19.1 Å². The van der Waals surface area contributed by atoms with Crippen molar-refractivity contribution in [3.63, 3.8) is 0 Å². The van der Waals surface area contributed by atoms with E-state index < -0.39 is 0 Å². The van der Waals surface area contributed by atoms with Crippen LogP contribution in [0.1, 0.15) is 56.6 Å². The van der Waals surface area contributed by atoms with Crippen LogP contribution in [0.3, 0.4) is 0 Å². The summed E-state index contributed by atoms with van der Waals surface area (Å²) in [5.41, 5.74) is 2.95. The second-order valence-corrected chi connectivity index (χ2v) is 10.7. The zero-order valence-electron chi connectivity index (χ0n) is 25.2. The molecule has 1 aliphatic rings. The number of carbonyl (C=O) groups excluding carboxylic acids is 2. The Labute approximate surface area is 245 Å². The van der Waals surface area contributed by atoms with Crippen molar-refractivity contribution in [3.05, 3.63) is 77.8 Å². The summed E-state index contributed by atoms with van der Waals surface area (Å²) >= 11 is 0. The Kier molecular flexibility index (Phi) is 14.9. The molecule has 0 spiro atoms. The van der Waals surface area contributed by atoms with E-state index in [0.29, 0.717) is 32.6 Å². The minimum absolute atomic E-state index is 0.108. The van der Waals surface area contributed by atoms with Crippen molar-refractivity contribution in [3.8, 4) is 5.75 Å². The molecule has 1 fully saturated rings. The highest BCUT2D eigenvalue weighted by molar-refractivity contribution is 5.79. The van der Waals surface area contributed by atoms with Gasteiger partial charge in [-0.25, -0.2) is 14.4 Å². The Morgan fingerprint density at radius 3 is 2.27 bits per heavy atom. The highest BCUT2D eigenvalue weighted by Gasteiger charge is 2.33. The molecule has 1 heterocycles. The molecule has 226 valence electrons. The van der Waals surface area contributed by atoms with Gasteiger partial charge >= 0.3 is 0 Å². The number of carbonyl (C=O) groups is 2. The van der Waals surface area contributed by atoms with Crippen LogP contribution in [0.2, 0.25) is 0 Å². The average Bonchev–Trinajstić information content (AvgIpc) is 2.96. The van der Waals surface area contributed by atoms with Crippen LogP contribution in [0.5, 0.6) is 5.75 Å². The number of halogens is 1. The maximum Gasteiger partial charge on any atom is 0.239 e. The van der Waals surface area contributed by atoms with Gasteiger partial charge in [-0.15, -0.1) is 0 Å². The van der Waals surface area contributed by atoms with Crippen molar-refractivity contribution in [1.82, 2.24) is 25.1 Å². The van der Waals surface area contributed by atoms with Crippen molar-refractivity contribution in [1.29, 1.82) is 0 Å². The van der Waals surface area contributed by atoms with Crippen molar-refractivity contribution >= 4 is 12.3 Å². The van der Waals surface area contributed by atoms with Crippen LogP contribution in [0.25, 0.3) is 0 Å². The van der Waals surface area contributed by atoms with Crippen LogP contribution in [0.4, 0.5) is 4.39 Å². The van der Waals surface area contributed by atoms with Crippen LogP contribution >= 0.6 is 0 Å². The number of nitrogens with zero attached hydrogens (tertiary/aromatic N) is 4. The van der Waals surface area contributed by atoms with Gasteiger partial charge in [0.1, 0.15) is 11.6 Å². The first-order chi connectivity index (χ1) is 19.7. The van der Waals surface area contributed by atoms with Gasteiger partial charge in [0.2, 0.25) is 12.3 Å². The second kappa shape index (κ2) is 18.1. The molecule has 2 amide bonds. The number of hydrazine groups is 1. The van der Waals surface area contributed by atoms with Crippen LogP contribution < -0.4 is 5.32 Å². The quantitative estimate of drug-likeness (QED) is 0.238. The van der Waals surface area contributed by atoms with Gasteiger partial charge in [-0.1, -0.05) is 69.9 Å². The summed E-state index contributed by atoms with van der Waals surface area (Å²) in [6.07, 6.45) is 8.85. The molecule has 1 saturated heterocycles. The zero-order chi connectivity index (χ0) is 30.2. The topological polar surface area (TPSA) is 79.4 Å². The summed E-state index contributed by atoms with van der Waals surface area (Å²) < 4.78 is 12.3. The lowest BCUT2D eigenvalue weighted by Crippen LogP contribution is -2.60. The molecule has 0 aliphatic carbocycles. The average molecular weight is 570 g/mol. The fourth-order valence-corrected chi connectivity index (χ4v) is 4.64. The number of phenolic OH excluding ortho intramolecular Hbond substituents is 1. The lowest BCUT2D eigenvalue weighted by molar-refractivity contribution is -0.156. The maximum atomic E-state index is 12.9. The molecule has 41 heavy (non-hydrogen) atoms. The van der Waals surface area contributed by atoms with E-state index in [1.165, 1.54) is 44.2 Å². The van der Waals surface area contributed by atoms with Crippen molar-refractivity contribution in [2.45, 2.75) is 64.5 Å². The van der Waals surface area contributed by atoms with Gasteiger partial charge in [-0.3, -0.25) is 9.59 Å². The number of likely N-dealkylation sites (N-methyl/N-ethyl adjacent to an activating group) is 2.